The molecule has 20 heavy (non-hydrogen) atoms. The average molecular weight is 311 g/mol. The van der Waals surface area contributed by atoms with Gasteiger partial charge in [0.05, 0.1) is 23.0 Å². The van der Waals surface area contributed by atoms with Crippen LogP contribution in [0.1, 0.15) is 53.4 Å². The lowest BCUT2D eigenvalue weighted by molar-refractivity contribution is 0.478. The van der Waals surface area contributed by atoms with Crippen LogP contribution in [0.5, 0.6) is 0 Å². The van der Waals surface area contributed by atoms with Crippen LogP contribution >= 0.6 is 22.9 Å². The summed E-state index contributed by atoms with van der Waals surface area (Å²) < 4.78 is 1.94. The maximum atomic E-state index is 6.33. The van der Waals surface area contributed by atoms with Gasteiger partial charge < -0.3 is 0 Å². The molecule has 0 bridgehead atoms. The van der Waals surface area contributed by atoms with Crippen molar-refractivity contribution >= 4 is 22.9 Å². The topological polar surface area (TPSA) is 55.9 Å². The summed E-state index contributed by atoms with van der Waals surface area (Å²) in [6, 6.07) is 2.43. The van der Waals surface area contributed by atoms with Crippen LogP contribution in [-0.4, -0.2) is 9.78 Å². The molecule has 0 spiro atoms. The summed E-state index contributed by atoms with van der Waals surface area (Å²) >= 11 is 8.17. The summed E-state index contributed by atoms with van der Waals surface area (Å²) in [7, 11) is 0. The van der Waals surface area contributed by atoms with Gasteiger partial charge in [0.15, 0.2) is 0 Å². The van der Waals surface area contributed by atoms with Crippen LogP contribution in [0.25, 0.3) is 0 Å². The van der Waals surface area contributed by atoms with Gasteiger partial charge in [-0.1, -0.05) is 11.6 Å². The van der Waals surface area contributed by atoms with Crippen LogP contribution in [0.15, 0.2) is 12.3 Å². The van der Waals surface area contributed by atoms with E-state index in [2.05, 4.69) is 30.4 Å². The Kier molecular flexibility index (Phi) is 3.86. The standard InChI is InChI=1S/C14H19ClN4S/c1-8(2)19-14(10(15)7-17-19)13(18-16)12-6-9-4-3-5-11(9)20-12/h6-8,13,18H,3-5,16H2,1-2H3. The molecule has 0 radical (unpaired) electrons. The highest BCUT2D eigenvalue weighted by Crippen LogP contribution is 2.38. The molecule has 1 aliphatic carbocycles. The largest absolute Gasteiger partial charge is 0.270 e. The van der Waals surface area contributed by atoms with E-state index in [-0.39, 0.29) is 12.1 Å². The van der Waals surface area contributed by atoms with Gasteiger partial charge >= 0.3 is 0 Å². The first kappa shape index (κ1) is 14.1. The maximum Gasteiger partial charge on any atom is 0.0985 e. The minimum Gasteiger partial charge on any atom is -0.270 e. The molecule has 0 fully saturated rings. The second-order valence-electron chi connectivity index (χ2n) is 5.47. The number of hydrazine groups is 1. The van der Waals surface area contributed by atoms with Crippen molar-refractivity contribution in [1.82, 2.24) is 15.2 Å². The van der Waals surface area contributed by atoms with E-state index in [0.717, 1.165) is 5.69 Å². The third-order valence-corrected chi connectivity index (χ3v) is 5.36. The van der Waals surface area contributed by atoms with E-state index in [0.29, 0.717) is 5.02 Å². The molecule has 3 N–H and O–H groups in total. The molecule has 3 rings (SSSR count). The summed E-state index contributed by atoms with van der Waals surface area (Å²) in [6.45, 7) is 4.18. The van der Waals surface area contributed by atoms with E-state index in [1.807, 2.05) is 16.0 Å². The molecule has 0 aliphatic heterocycles. The van der Waals surface area contributed by atoms with Gasteiger partial charge in [0, 0.05) is 15.8 Å². The van der Waals surface area contributed by atoms with Crippen molar-refractivity contribution in [2.24, 2.45) is 5.84 Å². The number of rotatable bonds is 4. The Morgan fingerprint density at radius 3 is 2.90 bits per heavy atom. The lowest BCUT2D eigenvalue weighted by atomic mass is 10.1. The molecule has 2 heterocycles. The summed E-state index contributed by atoms with van der Waals surface area (Å²) in [5.41, 5.74) is 5.33. The number of aryl methyl sites for hydroxylation is 2. The molecular formula is C14H19ClN4S. The van der Waals surface area contributed by atoms with Crippen molar-refractivity contribution in [1.29, 1.82) is 0 Å². The first-order valence-electron chi connectivity index (χ1n) is 6.92. The minimum atomic E-state index is -0.0944. The Labute approximate surface area is 127 Å². The first-order chi connectivity index (χ1) is 9.61. The number of nitrogens with one attached hydrogen (secondary N) is 1. The van der Waals surface area contributed by atoms with Crippen LogP contribution in [0.4, 0.5) is 0 Å². The molecule has 1 aliphatic rings. The van der Waals surface area contributed by atoms with Crippen LogP contribution in [0.3, 0.4) is 0 Å². The number of nitrogens with zero attached hydrogens (tertiary/aromatic N) is 2. The van der Waals surface area contributed by atoms with Gasteiger partial charge in [-0.2, -0.15) is 5.10 Å². The summed E-state index contributed by atoms with van der Waals surface area (Å²) in [5.74, 6) is 5.81. The van der Waals surface area contributed by atoms with Crippen LogP contribution < -0.4 is 11.3 Å². The molecule has 1 unspecified atom stereocenters. The average Bonchev–Trinajstić information content (AvgIpc) is 3.05. The van der Waals surface area contributed by atoms with E-state index in [1.54, 1.807) is 6.20 Å². The fourth-order valence-corrected chi connectivity index (χ4v) is 4.38. The first-order valence-corrected chi connectivity index (χ1v) is 8.11. The van der Waals surface area contributed by atoms with Gasteiger partial charge in [-0.25, -0.2) is 5.43 Å². The molecule has 1 atom stereocenters. The van der Waals surface area contributed by atoms with Crippen molar-refractivity contribution in [2.75, 3.05) is 0 Å². The SMILES string of the molecule is CC(C)n1ncc(Cl)c1C(NN)c1cc2c(s1)CCC2. The van der Waals surface area contributed by atoms with Crippen molar-refractivity contribution in [3.05, 3.63) is 38.3 Å². The molecule has 6 heteroatoms. The van der Waals surface area contributed by atoms with Gasteiger partial charge in [-0.05, 0) is 44.7 Å². The number of fused-ring (bicyclic) bond motifs is 1. The summed E-state index contributed by atoms with van der Waals surface area (Å²) in [4.78, 5) is 2.72. The second kappa shape index (κ2) is 5.48. The Balaban J connectivity index is 2.03. The Morgan fingerprint density at radius 1 is 1.45 bits per heavy atom. The van der Waals surface area contributed by atoms with E-state index in [9.17, 15) is 0 Å². The smallest absolute Gasteiger partial charge is 0.0985 e. The fourth-order valence-electron chi connectivity index (χ4n) is 2.82. The zero-order valence-electron chi connectivity index (χ0n) is 11.7. The number of hydrogen-bond donors (Lipinski definition) is 2. The molecule has 0 amide bonds. The molecule has 0 aromatic carbocycles. The fraction of sp³-hybridized carbons (Fsp3) is 0.500. The second-order valence-corrected chi connectivity index (χ2v) is 7.04. The van der Waals surface area contributed by atoms with E-state index >= 15 is 0 Å². The predicted octanol–water partition coefficient (Wildman–Crippen LogP) is 3.22. The quantitative estimate of drug-likeness (QED) is 0.673. The van der Waals surface area contributed by atoms with Gasteiger partial charge in [0.1, 0.15) is 0 Å². The van der Waals surface area contributed by atoms with Crippen molar-refractivity contribution in [2.45, 2.75) is 45.2 Å². The van der Waals surface area contributed by atoms with Crippen LogP contribution in [0, 0.1) is 0 Å². The summed E-state index contributed by atoms with van der Waals surface area (Å²) in [5, 5.41) is 5.03. The highest BCUT2D eigenvalue weighted by Gasteiger charge is 2.26. The van der Waals surface area contributed by atoms with E-state index in [4.69, 9.17) is 17.4 Å². The Hall–Kier alpha value is -0.880. The Morgan fingerprint density at radius 2 is 2.25 bits per heavy atom. The highest BCUT2D eigenvalue weighted by atomic mass is 35.5. The minimum absolute atomic E-state index is 0.0944. The summed E-state index contributed by atoms with van der Waals surface area (Å²) in [6.07, 6.45) is 5.34. The molecule has 0 saturated heterocycles. The maximum absolute atomic E-state index is 6.33. The van der Waals surface area contributed by atoms with Crippen molar-refractivity contribution < 1.29 is 0 Å². The third kappa shape index (κ3) is 2.29. The molecule has 108 valence electrons. The number of aromatic nitrogens is 2. The van der Waals surface area contributed by atoms with Gasteiger partial charge in [0.25, 0.3) is 0 Å². The number of hydrogen-bond acceptors (Lipinski definition) is 4. The lowest BCUT2D eigenvalue weighted by Crippen LogP contribution is -2.30. The molecule has 4 nitrogen and oxygen atoms in total. The van der Waals surface area contributed by atoms with E-state index < -0.39 is 0 Å². The predicted molar refractivity (Wildman–Crippen MR) is 83.1 cm³/mol. The molecule has 2 aromatic heterocycles. The lowest BCUT2D eigenvalue weighted by Gasteiger charge is -2.19. The monoisotopic (exact) mass is 310 g/mol. The van der Waals surface area contributed by atoms with Crippen LogP contribution in [-0.2, 0) is 12.8 Å². The van der Waals surface area contributed by atoms with Gasteiger partial charge in [-0.15, -0.1) is 11.3 Å². The highest BCUT2D eigenvalue weighted by molar-refractivity contribution is 7.12. The third-order valence-electron chi connectivity index (χ3n) is 3.77. The van der Waals surface area contributed by atoms with Crippen LogP contribution in [0.2, 0.25) is 5.02 Å². The zero-order valence-corrected chi connectivity index (χ0v) is 13.3. The molecule has 0 saturated carbocycles. The van der Waals surface area contributed by atoms with E-state index in [1.165, 1.54) is 34.6 Å². The van der Waals surface area contributed by atoms with Crippen molar-refractivity contribution in [3.8, 4) is 0 Å². The number of halogens is 1. The molecular weight excluding hydrogens is 292 g/mol. The van der Waals surface area contributed by atoms with Crippen molar-refractivity contribution in [3.63, 3.8) is 0 Å². The Bertz CT molecular complexity index is 595. The number of thiophene rings is 1. The zero-order chi connectivity index (χ0) is 14.3. The van der Waals surface area contributed by atoms with Gasteiger partial charge in [-0.3, -0.25) is 10.5 Å². The molecule has 2 aromatic rings. The van der Waals surface area contributed by atoms with Gasteiger partial charge in [0.2, 0.25) is 0 Å². The normalized spacial score (nSPS) is 15.8. The number of nitrogens with two attached hydrogens (primary N) is 1.